The van der Waals surface area contributed by atoms with Gasteiger partial charge in [0.15, 0.2) is 9.84 Å². The number of nitrogens with one attached hydrogen (secondary N) is 1. The number of benzene rings is 1. The lowest BCUT2D eigenvalue weighted by molar-refractivity contribution is -0.682. The Morgan fingerprint density at radius 2 is 1.84 bits per heavy atom. The predicted molar refractivity (Wildman–Crippen MR) is 143 cm³/mol. The summed E-state index contributed by atoms with van der Waals surface area (Å²) in [5, 5.41) is 14.4. The number of amides is 1. The minimum absolute atomic E-state index is 0.0875. The van der Waals surface area contributed by atoms with E-state index in [2.05, 4.69) is 24.3 Å². The average Bonchev–Trinajstić information content (AvgIpc) is 3.17. The first-order valence-electron chi connectivity index (χ1n) is 11.8. The number of sulfone groups is 1. The van der Waals surface area contributed by atoms with Crippen molar-refractivity contribution in [2.45, 2.75) is 41.2 Å². The first kappa shape index (κ1) is 31.6. The Kier molecular flexibility index (Phi) is 11.6. The highest BCUT2D eigenvalue weighted by Gasteiger charge is 2.25. The number of hydrogen-bond donors (Lipinski definition) is 1. The minimum Gasteiger partial charge on any atom is -0.726 e. The van der Waals surface area contributed by atoms with Crippen LogP contribution in [0.1, 0.15) is 33.4 Å². The maximum atomic E-state index is 11.8. The smallest absolute Gasteiger partial charge is 0.408 e. The van der Waals surface area contributed by atoms with Crippen molar-refractivity contribution >= 4 is 59.7 Å². The minimum atomic E-state index is -4.42. The van der Waals surface area contributed by atoms with Crippen LogP contribution < -0.4 is 19.5 Å². The van der Waals surface area contributed by atoms with Crippen molar-refractivity contribution in [3.63, 3.8) is 0 Å². The van der Waals surface area contributed by atoms with Gasteiger partial charge in [-0.05, 0) is 50.2 Å². The highest BCUT2D eigenvalue weighted by atomic mass is 32.3. The molecule has 1 aliphatic rings. The number of aryl methyl sites for hydroxylation is 1. The molecule has 0 saturated carbocycles. The molecule has 1 aliphatic heterocycles. The summed E-state index contributed by atoms with van der Waals surface area (Å²) in [4.78, 5) is 13.8. The van der Waals surface area contributed by atoms with Gasteiger partial charge in [-0.25, -0.2) is 21.4 Å². The van der Waals surface area contributed by atoms with Crippen molar-refractivity contribution in [3.05, 3.63) is 23.2 Å². The molecular weight excluding hydrogens is 558 g/mol. The van der Waals surface area contributed by atoms with Crippen molar-refractivity contribution in [2.75, 3.05) is 48.0 Å². The number of aromatic nitrogens is 1. The molecule has 1 aromatic heterocycles. The molecule has 0 atom stereocenters. The summed E-state index contributed by atoms with van der Waals surface area (Å²) in [6.07, 6.45) is 0. The molecule has 3 rings (SSSR count). The third-order valence-corrected chi connectivity index (χ3v) is 8.29. The van der Waals surface area contributed by atoms with Crippen molar-refractivity contribution < 1.29 is 39.7 Å². The summed E-state index contributed by atoms with van der Waals surface area (Å²) < 4.78 is 63.6. The maximum Gasteiger partial charge on any atom is 0.408 e. The molecule has 2 heterocycles. The number of carbonyl (C=O) groups excluding carboxylic acids is 1. The molecule has 212 valence electrons. The van der Waals surface area contributed by atoms with Gasteiger partial charge in [-0.3, -0.25) is 8.98 Å². The van der Waals surface area contributed by atoms with Gasteiger partial charge in [-0.15, -0.1) is 0 Å². The fraction of sp³-hybridized carbons (Fsp3) is 0.545. The quantitative estimate of drug-likeness (QED) is 0.199. The van der Waals surface area contributed by atoms with Crippen LogP contribution in [0.25, 0.3) is 0 Å². The Balaban J connectivity index is 0.000000638. The molecule has 1 fully saturated rings. The number of thiazole rings is 1. The zero-order chi connectivity index (χ0) is 28.5. The Labute approximate surface area is 227 Å². The molecule has 13 nitrogen and oxygen atoms in total. The fourth-order valence-corrected chi connectivity index (χ4v) is 5.90. The standard InChI is InChI=1S/C20H27N5O4S2.C2H6O4S/c1-5-25-14(3)13-30-20(25)23-22-17-12-19(29-6-2)18(11-16(17)21-15(4)26)24-7-9-31(27,28)10-8-24;1-2-6-7(3,4)5/h11-13H,5-10H2,1-4H3;2H2,1H3,(H,3,4,5). The molecule has 0 spiro atoms. The van der Waals surface area contributed by atoms with Crippen LogP contribution in [0.4, 0.5) is 22.2 Å². The van der Waals surface area contributed by atoms with Gasteiger partial charge in [0.2, 0.25) is 16.3 Å². The Bertz CT molecular complexity index is 1340. The number of carbonyl (C=O) groups is 1. The van der Waals surface area contributed by atoms with E-state index in [9.17, 15) is 26.2 Å². The fourth-order valence-electron chi connectivity index (χ4n) is 3.52. The van der Waals surface area contributed by atoms with E-state index < -0.39 is 20.2 Å². The van der Waals surface area contributed by atoms with Gasteiger partial charge in [-0.1, -0.05) is 0 Å². The lowest BCUT2D eigenvalue weighted by Gasteiger charge is -2.30. The number of nitrogens with zero attached hydrogens (tertiary/aromatic N) is 4. The highest BCUT2D eigenvalue weighted by molar-refractivity contribution is 7.91. The third kappa shape index (κ3) is 9.58. The van der Waals surface area contributed by atoms with Crippen LogP contribution in [0.15, 0.2) is 27.7 Å². The molecule has 1 saturated heterocycles. The van der Waals surface area contributed by atoms with E-state index in [4.69, 9.17) is 4.74 Å². The van der Waals surface area contributed by atoms with Crippen molar-refractivity contribution in [2.24, 2.45) is 10.2 Å². The van der Waals surface area contributed by atoms with Gasteiger partial charge in [0.05, 0.1) is 47.8 Å². The number of hydrogen-bond acceptors (Lipinski definition) is 12. The number of anilines is 2. The zero-order valence-corrected chi connectivity index (χ0v) is 24.4. The van der Waals surface area contributed by atoms with E-state index in [1.165, 1.54) is 25.2 Å². The molecule has 0 aliphatic carbocycles. The van der Waals surface area contributed by atoms with E-state index in [0.717, 1.165) is 23.1 Å². The summed E-state index contributed by atoms with van der Waals surface area (Å²) in [7, 11) is -7.44. The number of azo groups is 1. The summed E-state index contributed by atoms with van der Waals surface area (Å²) in [5.41, 5.74) is 2.81. The summed E-state index contributed by atoms with van der Waals surface area (Å²) >= 11 is 1.50. The summed E-state index contributed by atoms with van der Waals surface area (Å²) in [5.74, 6) is 0.521. The van der Waals surface area contributed by atoms with E-state index in [0.29, 0.717) is 36.8 Å². The van der Waals surface area contributed by atoms with Crippen LogP contribution in [0.3, 0.4) is 0 Å². The average molecular weight is 592 g/mol. The van der Waals surface area contributed by atoms with Crippen LogP contribution in [0, 0.1) is 6.92 Å². The monoisotopic (exact) mass is 591 g/mol. The number of rotatable bonds is 9. The second-order valence-corrected chi connectivity index (χ2v) is 12.2. The molecule has 2 aromatic rings. The molecule has 0 radical (unpaired) electrons. The third-order valence-electron chi connectivity index (χ3n) is 5.19. The first-order chi connectivity index (χ1) is 17.8. The van der Waals surface area contributed by atoms with Crippen molar-refractivity contribution in [1.82, 2.24) is 0 Å². The summed E-state index contributed by atoms with van der Waals surface area (Å²) in [6, 6.07) is 3.53. The van der Waals surface area contributed by atoms with Gasteiger partial charge in [-0.2, -0.15) is 0 Å². The topological polar surface area (TPSA) is 171 Å². The van der Waals surface area contributed by atoms with Crippen molar-refractivity contribution in [1.29, 1.82) is 0 Å². The van der Waals surface area contributed by atoms with E-state index in [1.54, 1.807) is 12.1 Å². The predicted octanol–water partition coefficient (Wildman–Crippen LogP) is 2.85. The second-order valence-electron chi connectivity index (χ2n) is 8.01. The second kappa shape index (κ2) is 13.9. The highest BCUT2D eigenvalue weighted by Crippen LogP contribution is 2.40. The molecule has 38 heavy (non-hydrogen) atoms. The van der Waals surface area contributed by atoms with E-state index in [-0.39, 0.29) is 24.0 Å². The Morgan fingerprint density at radius 3 is 2.34 bits per heavy atom. The van der Waals surface area contributed by atoms with Crippen LogP contribution in [0.2, 0.25) is 0 Å². The van der Waals surface area contributed by atoms with Gasteiger partial charge >= 0.3 is 5.13 Å². The maximum absolute atomic E-state index is 11.8. The molecular formula is C22H33N5O8S3. The first-order valence-corrected chi connectivity index (χ1v) is 15.9. The van der Waals surface area contributed by atoms with Gasteiger partial charge in [0, 0.05) is 31.5 Å². The Hall–Kier alpha value is -2.66. The SMILES string of the molecule is CCOS(=O)(=O)[O-].CCOc1cc(N=Nc2scc(C)[n+]2CC)c(NC(C)=O)cc1N1CCS(=O)(=O)CC1. The van der Waals surface area contributed by atoms with E-state index in [1.807, 2.05) is 31.1 Å². The molecule has 1 aromatic carbocycles. The van der Waals surface area contributed by atoms with Crippen LogP contribution in [0.5, 0.6) is 5.75 Å². The van der Waals surface area contributed by atoms with Gasteiger partial charge in [0.25, 0.3) is 0 Å². The van der Waals surface area contributed by atoms with Gasteiger partial charge in [0.1, 0.15) is 17.1 Å². The molecule has 0 unspecified atom stereocenters. The molecule has 0 bridgehead atoms. The van der Waals surface area contributed by atoms with Gasteiger partial charge < -0.3 is 19.5 Å². The lowest BCUT2D eigenvalue weighted by Crippen LogP contribution is -2.40. The molecule has 1 N–H and O–H groups in total. The number of ether oxygens (including phenoxy) is 1. The normalized spacial score (nSPS) is 15.2. The largest absolute Gasteiger partial charge is 0.726 e. The molecule has 16 heteroatoms. The van der Waals surface area contributed by atoms with Crippen LogP contribution in [-0.4, -0.2) is 65.1 Å². The van der Waals surface area contributed by atoms with Crippen LogP contribution >= 0.6 is 11.3 Å². The zero-order valence-electron chi connectivity index (χ0n) is 22.0. The Morgan fingerprint density at radius 1 is 1.18 bits per heavy atom. The summed E-state index contributed by atoms with van der Waals surface area (Å²) in [6.45, 7) is 10.7. The van der Waals surface area contributed by atoms with E-state index >= 15 is 0 Å². The van der Waals surface area contributed by atoms with Crippen LogP contribution in [-0.2, 0) is 35.8 Å². The molecule has 1 amide bonds. The lowest BCUT2D eigenvalue weighted by atomic mass is 10.2. The van der Waals surface area contributed by atoms with Crippen molar-refractivity contribution in [3.8, 4) is 5.75 Å².